The van der Waals surface area contributed by atoms with Gasteiger partial charge in [-0.15, -0.1) is 0 Å². The third-order valence-electron chi connectivity index (χ3n) is 8.71. The van der Waals surface area contributed by atoms with Crippen molar-refractivity contribution in [2.24, 2.45) is 17.3 Å². The summed E-state index contributed by atoms with van der Waals surface area (Å²) < 4.78 is 12.8. The number of para-hydroxylation sites is 2. The molecule has 4 rings (SSSR count). The Morgan fingerprint density at radius 1 is 1.14 bits per heavy atom. The van der Waals surface area contributed by atoms with Crippen molar-refractivity contribution in [1.82, 2.24) is 24.3 Å². The van der Waals surface area contributed by atoms with Crippen LogP contribution in [0.5, 0.6) is 0 Å². The summed E-state index contributed by atoms with van der Waals surface area (Å²) in [5, 5.41) is 10.5. The van der Waals surface area contributed by atoms with Crippen LogP contribution in [0.2, 0.25) is 0 Å². The third kappa shape index (κ3) is 7.72. The lowest BCUT2D eigenvalue weighted by Crippen LogP contribution is -2.66. The van der Waals surface area contributed by atoms with Crippen LogP contribution >= 0.6 is 0 Å². The average Bonchev–Trinajstić information content (AvgIpc) is 3.13. The van der Waals surface area contributed by atoms with Gasteiger partial charge in [0.15, 0.2) is 5.82 Å². The normalized spacial score (nSPS) is 21.5. The number of fused-ring (bicyclic) bond motifs is 1. The number of unbranched alkanes of at least 4 members (excludes halogenated alkanes) is 1. The Morgan fingerprint density at radius 2 is 1.89 bits per heavy atom. The number of aromatic nitrogens is 2. The fraction of sp³-hybridized carbons (Fsp3) is 0.697. The van der Waals surface area contributed by atoms with Gasteiger partial charge in [0.25, 0.3) is 5.91 Å². The maximum atomic E-state index is 14.8. The van der Waals surface area contributed by atoms with E-state index >= 15 is 0 Å². The van der Waals surface area contributed by atoms with Gasteiger partial charge in [-0.05, 0) is 49.1 Å². The highest BCUT2D eigenvalue weighted by molar-refractivity contribution is 5.95. The molecule has 3 heterocycles. The molecule has 2 aromatic rings. The average molecular weight is 614 g/mol. The van der Waals surface area contributed by atoms with Crippen LogP contribution < -0.4 is 0 Å². The molecule has 2 fully saturated rings. The van der Waals surface area contributed by atoms with E-state index in [9.17, 15) is 19.5 Å². The molecule has 0 bridgehead atoms. The van der Waals surface area contributed by atoms with E-state index in [1.807, 2.05) is 54.5 Å². The first-order valence-electron chi connectivity index (χ1n) is 16.0. The first kappa shape index (κ1) is 33.7. The van der Waals surface area contributed by atoms with Crippen LogP contribution in [-0.4, -0.2) is 112 Å². The molecule has 11 heteroatoms. The molecule has 3 amide bonds. The largest absolute Gasteiger partial charge is 0.465 e. The summed E-state index contributed by atoms with van der Waals surface area (Å²) in [6.07, 6.45) is 1.71. The molecule has 2 saturated heterocycles. The summed E-state index contributed by atoms with van der Waals surface area (Å²) in [5.74, 6) is -0.416. The van der Waals surface area contributed by atoms with Crippen molar-refractivity contribution in [3.63, 3.8) is 0 Å². The number of carboxylic acid groups (broad SMARTS) is 1. The predicted molar refractivity (Wildman–Crippen MR) is 169 cm³/mol. The van der Waals surface area contributed by atoms with Gasteiger partial charge in [-0.3, -0.25) is 9.59 Å². The topological polar surface area (TPSA) is 117 Å². The Labute approximate surface area is 261 Å². The van der Waals surface area contributed by atoms with Gasteiger partial charge in [0, 0.05) is 53.0 Å². The van der Waals surface area contributed by atoms with Gasteiger partial charge < -0.3 is 33.8 Å². The van der Waals surface area contributed by atoms with Crippen LogP contribution in [0, 0.1) is 17.3 Å². The van der Waals surface area contributed by atoms with Gasteiger partial charge >= 0.3 is 6.09 Å². The van der Waals surface area contributed by atoms with Crippen LogP contribution in [-0.2, 0) is 20.8 Å². The van der Waals surface area contributed by atoms with E-state index in [2.05, 4.69) is 13.8 Å². The van der Waals surface area contributed by atoms with Crippen LogP contribution in [0.15, 0.2) is 24.3 Å². The van der Waals surface area contributed by atoms with E-state index in [1.54, 1.807) is 12.0 Å². The predicted octanol–water partition coefficient (Wildman–Crippen LogP) is 4.59. The minimum absolute atomic E-state index is 0.0681. The number of carbonyl (C=O) groups excluding carboxylic acids is 2. The zero-order valence-corrected chi connectivity index (χ0v) is 27.3. The second-order valence-electron chi connectivity index (χ2n) is 13.7. The van der Waals surface area contributed by atoms with Crippen molar-refractivity contribution < 1.29 is 29.0 Å². The molecule has 1 aromatic carbocycles. The molecule has 44 heavy (non-hydrogen) atoms. The van der Waals surface area contributed by atoms with Gasteiger partial charge in [0.2, 0.25) is 5.91 Å². The van der Waals surface area contributed by atoms with Gasteiger partial charge in [-0.25, -0.2) is 9.78 Å². The fourth-order valence-corrected chi connectivity index (χ4v) is 6.87. The van der Waals surface area contributed by atoms with Gasteiger partial charge in [0.1, 0.15) is 0 Å². The summed E-state index contributed by atoms with van der Waals surface area (Å²) in [7, 11) is 1.68. The number of aryl methyl sites for hydroxylation is 1. The number of carbonyl (C=O) groups is 3. The van der Waals surface area contributed by atoms with Crippen LogP contribution in [0.1, 0.15) is 70.9 Å². The number of rotatable bonds is 10. The highest BCUT2D eigenvalue weighted by Gasteiger charge is 2.50. The van der Waals surface area contributed by atoms with E-state index in [4.69, 9.17) is 14.5 Å². The van der Waals surface area contributed by atoms with E-state index in [0.29, 0.717) is 58.2 Å². The zero-order valence-electron chi connectivity index (χ0n) is 27.3. The summed E-state index contributed by atoms with van der Waals surface area (Å²) in [6, 6.07) is 6.71. The Morgan fingerprint density at radius 3 is 2.57 bits per heavy atom. The quantitative estimate of drug-likeness (QED) is 0.390. The minimum Gasteiger partial charge on any atom is -0.465 e. The minimum atomic E-state index is -1.08. The molecule has 0 aliphatic carbocycles. The van der Waals surface area contributed by atoms with Gasteiger partial charge in [0.05, 0.1) is 35.6 Å². The number of piperidine rings is 1. The Hall–Kier alpha value is -3.18. The maximum Gasteiger partial charge on any atom is 0.407 e. The van der Waals surface area contributed by atoms with E-state index in [-0.39, 0.29) is 24.3 Å². The van der Waals surface area contributed by atoms with E-state index < -0.39 is 29.5 Å². The second-order valence-corrected chi connectivity index (χ2v) is 13.7. The number of nitrogens with zero attached hydrogens (tertiary/aromatic N) is 5. The molecule has 1 unspecified atom stereocenters. The molecular weight excluding hydrogens is 562 g/mol. The molecule has 244 valence electrons. The smallest absolute Gasteiger partial charge is 0.407 e. The Bertz CT molecular complexity index is 1280. The molecule has 2 aliphatic heterocycles. The molecular formula is C33H51N5O6. The highest BCUT2D eigenvalue weighted by atomic mass is 16.5. The van der Waals surface area contributed by atoms with Crippen molar-refractivity contribution >= 4 is 28.9 Å². The van der Waals surface area contributed by atoms with Crippen molar-refractivity contribution in [3.8, 4) is 0 Å². The molecule has 0 saturated carbocycles. The number of benzene rings is 1. The van der Waals surface area contributed by atoms with Crippen LogP contribution in [0.25, 0.3) is 11.0 Å². The molecule has 1 aromatic heterocycles. The summed E-state index contributed by atoms with van der Waals surface area (Å²) in [6.45, 7) is 14.0. The molecule has 3 atom stereocenters. The summed E-state index contributed by atoms with van der Waals surface area (Å²) in [5.41, 5.74) is 1.13. The molecule has 1 N–H and O–H groups in total. The molecule has 11 nitrogen and oxygen atoms in total. The molecule has 0 spiro atoms. The number of hydrogen-bond acceptors (Lipinski definition) is 6. The lowest BCUT2D eigenvalue weighted by atomic mass is 9.74. The lowest BCUT2D eigenvalue weighted by Gasteiger charge is -2.52. The lowest BCUT2D eigenvalue weighted by molar-refractivity contribution is -0.140. The number of methoxy groups -OCH3 is 1. The first-order valence-corrected chi connectivity index (χ1v) is 16.0. The van der Waals surface area contributed by atoms with Gasteiger partial charge in [-0.1, -0.05) is 46.8 Å². The summed E-state index contributed by atoms with van der Waals surface area (Å²) >= 11 is 0. The third-order valence-corrected chi connectivity index (χ3v) is 8.71. The van der Waals surface area contributed by atoms with Gasteiger partial charge in [-0.2, -0.15) is 0 Å². The maximum absolute atomic E-state index is 14.8. The second kappa shape index (κ2) is 14.7. The van der Waals surface area contributed by atoms with E-state index in [1.165, 1.54) is 4.90 Å². The molecule has 0 radical (unpaired) electrons. The fourth-order valence-electron chi connectivity index (χ4n) is 6.87. The number of imidazole rings is 1. The SMILES string of the molecule is COCCCCn1c(C(=O)N(CC(C)C)[C@H]2C[C@@H](C(=O)N3CCCOCC3)CN(C(=O)O)C2C(C)(C)C)nc2ccccc21. The number of likely N-dealkylation sites (tertiary alicyclic amines) is 1. The highest BCUT2D eigenvalue weighted by Crippen LogP contribution is 2.38. The Balaban J connectivity index is 1.77. The number of hydrogen-bond donors (Lipinski definition) is 1. The monoisotopic (exact) mass is 613 g/mol. The van der Waals surface area contributed by atoms with Crippen molar-refractivity contribution in [2.75, 3.05) is 53.1 Å². The Kier molecular flexibility index (Phi) is 11.3. The molecule has 2 aliphatic rings. The van der Waals surface area contributed by atoms with Crippen molar-refractivity contribution in [1.29, 1.82) is 0 Å². The van der Waals surface area contributed by atoms with Crippen molar-refractivity contribution in [2.45, 2.75) is 78.9 Å². The standard InChI is InChI=1S/C33H51N5O6/c1-23(2)21-37(31(40)29-34-25-12-7-8-13-26(25)36(29)15-9-10-17-43-6)27-20-24(30(39)35-14-11-18-44-19-16-35)22-38(32(41)42)28(27)33(3,4)5/h7-8,12-13,23-24,27-28H,9-11,14-22H2,1-6H3,(H,41,42)/t24-,27+,28?/m1/s1. The van der Waals surface area contributed by atoms with Crippen LogP contribution in [0.3, 0.4) is 0 Å². The first-order chi connectivity index (χ1) is 20.9. The summed E-state index contributed by atoms with van der Waals surface area (Å²) in [4.78, 5) is 51.4. The van der Waals surface area contributed by atoms with E-state index in [0.717, 1.165) is 30.3 Å². The van der Waals surface area contributed by atoms with Crippen molar-refractivity contribution in [3.05, 3.63) is 30.1 Å². The zero-order chi connectivity index (χ0) is 32.0. The number of ether oxygens (including phenoxy) is 2. The van der Waals surface area contributed by atoms with Crippen LogP contribution in [0.4, 0.5) is 4.79 Å². The number of amides is 3.